The van der Waals surface area contributed by atoms with E-state index in [1.165, 1.54) is 0 Å². The van der Waals surface area contributed by atoms with Gasteiger partial charge in [0, 0.05) is 24.1 Å². The van der Waals surface area contributed by atoms with Crippen LogP contribution in [0.3, 0.4) is 0 Å². The molecule has 0 unspecified atom stereocenters. The third kappa shape index (κ3) is 4.64. The number of halogens is 1. The highest BCUT2D eigenvalue weighted by molar-refractivity contribution is 9.10. The fourth-order valence-electron chi connectivity index (χ4n) is 1.64. The van der Waals surface area contributed by atoms with Gasteiger partial charge in [0.25, 0.3) is 0 Å². The lowest BCUT2D eigenvalue weighted by atomic mass is 10.3. The molecule has 0 radical (unpaired) electrons. The van der Waals surface area contributed by atoms with Crippen molar-refractivity contribution in [3.8, 4) is 0 Å². The summed E-state index contributed by atoms with van der Waals surface area (Å²) in [6, 6.07) is 4.17. The molecule has 4 heteroatoms. The number of hydrogen-bond donors (Lipinski definition) is 0. The summed E-state index contributed by atoms with van der Waals surface area (Å²) in [6.45, 7) is 7.37. The maximum Gasteiger partial charge on any atom is 0.128 e. The van der Waals surface area contributed by atoms with Crippen molar-refractivity contribution in [2.24, 2.45) is 0 Å². The van der Waals surface area contributed by atoms with Gasteiger partial charge in [0.2, 0.25) is 0 Å². The molecule has 1 rings (SSSR count). The van der Waals surface area contributed by atoms with E-state index in [0.717, 1.165) is 42.0 Å². The predicted molar refractivity (Wildman–Crippen MR) is 77.7 cm³/mol. The Morgan fingerprint density at radius 1 is 1.18 bits per heavy atom. The van der Waals surface area contributed by atoms with E-state index in [9.17, 15) is 0 Å². The van der Waals surface area contributed by atoms with E-state index < -0.39 is 0 Å². The summed E-state index contributed by atoms with van der Waals surface area (Å²) in [5.74, 6) is 1.08. The van der Waals surface area contributed by atoms with Gasteiger partial charge in [-0.3, -0.25) is 0 Å². The van der Waals surface area contributed by atoms with Crippen LogP contribution < -0.4 is 4.90 Å². The summed E-state index contributed by atoms with van der Waals surface area (Å²) in [5.41, 5.74) is 1.05. The van der Waals surface area contributed by atoms with Crippen molar-refractivity contribution >= 4 is 21.7 Å². The summed E-state index contributed by atoms with van der Waals surface area (Å²) in [7, 11) is 4.20. The first-order valence-corrected chi connectivity index (χ1v) is 6.86. The van der Waals surface area contributed by atoms with Crippen LogP contribution in [0.1, 0.15) is 19.0 Å². The molecule has 1 heterocycles. The van der Waals surface area contributed by atoms with Crippen LogP contribution >= 0.6 is 15.9 Å². The first-order chi connectivity index (χ1) is 8.04. The minimum Gasteiger partial charge on any atom is -0.355 e. The molecule has 0 N–H and O–H groups in total. The summed E-state index contributed by atoms with van der Waals surface area (Å²) in [6.07, 6.45) is 1.14. The standard InChI is InChI=1S/C13H22BrN3/c1-5-8-17(10-9-16(3)4)13-7-6-12(14)11(2)15-13/h6-7H,5,8-10H2,1-4H3. The predicted octanol–water partition coefficient (Wildman–Crippen LogP) is 2.93. The lowest BCUT2D eigenvalue weighted by Crippen LogP contribution is -2.33. The number of rotatable bonds is 6. The molecule has 17 heavy (non-hydrogen) atoms. The van der Waals surface area contributed by atoms with E-state index in [1.807, 2.05) is 6.92 Å². The van der Waals surface area contributed by atoms with Crippen LogP contribution in [0.15, 0.2) is 16.6 Å². The average Bonchev–Trinajstić information content (AvgIpc) is 2.28. The van der Waals surface area contributed by atoms with Crippen LogP contribution in [-0.4, -0.2) is 43.6 Å². The molecule has 3 nitrogen and oxygen atoms in total. The van der Waals surface area contributed by atoms with Gasteiger partial charge in [0.05, 0.1) is 5.69 Å². The smallest absolute Gasteiger partial charge is 0.128 e. The maximum atomic E-state index is 4.63. The van der Waals surface area contributed by atoms with Gasteiger partial charge in [-0.1, -0.05) is 6.92 Å². The van der Waals surface area contributed by atoms with Crippen LogP contribution in [-0.2, 0) is 0 Å². The summed E-state index contributed by atoms with van der Waals surface area (Å²) in [5, 5.41) is 0. The number of aromatic nitrogens is 1. The minimum absolute atomic E-state index is 1.02. The molecule has 0 bridgehead atoms. The molecule has 0 spiro atoms. The molecular weight excluding hydrogens is 278 g/mol. The van der Waals surface area contributed by atoms with Crippen molar-refractivity contribution in [2.45, 2.75) is 20.3 Å². The van der Waals surface area contributed by atoms with E-state index in [-0.39, 0.29) is 0 Å². The minimum atomic E-state index is 1.02. The Bertz CT molecular complexity index is 353. The van der Waals surface area contributed by atoms with Crippen molar-refractivity contribution in [3.63, 3.8) is 0 Å². The van der Waals surface area contributed by atoms with Gasteiger partial charge in [0.1, 0.15) is 5.82 Å². The Kier molecular flexibility index (Phi) is 5.92. The third-order valence-electron chi connectivity index (χ3n) is 2.64. The Morgan fingerprint density at radius 2 is 1.88 bits per heavy atom. The van der Waals surface area contributed by atoms with Gasteiger partial charge in [-0.15, -0.1) is 0 Å². The number of nitrogens with zero attached hydrogens (tertiary/aromatic N) is 3. The average molecular weight is 300 g/mol. The van der Waals surface area contributed by atoms with Gasteiger partial charge in [-0.2, -0.15) is 0 Å². The molecule has 1 aromatic heterocycles. The fourth-order valence-corrected chi connectivity index (χ4v) is 1.86. The third-order valence-corrected chi connectivity index (χ3v) is 3.48. The van der Waals surface area contributed by atoms with Crippen LogP contribution in [0.25, 0.3) is 0 Å². The monoisotopic (exact) mass is 299 g/mol. The molecule has 0 aromatic carbocycles. The number of anilines is 1. The molecule has 0 fully saturated rings. The van der Waals surface area contributed by atoms with Crippen LogP contribution in [0.5, 0.6) is 0 Å². The largest absolute Gasteiger partial charge is 0.355 e. The Morgan fingerprint density at radius 3 is 2.41 bits per heavy atom. The molecule has 0 atom stereocenters. The van der Waals surface area contributed by atoms with Crippen molar-refractivity contribution in [1.82, 2.24) is 9.88 Å². The molecule has 0 saturated carbocycles. The van der Waals surface area contributed by atoms with E-state index >= 15 is 0 Å². The number of aryl methyl sites for hydroxylation is 1. The quantitative estimate of drug-likeness (QED) is 0.805. The SMILES string of the molecule is CCCN(CCN(C)C)c1ccc(Br)c(C)n1. The Balaban J connectivity index is 2.77. The van der Waals surface area contributed by atoms with Gasteiger partial charge < -0.3 is 9.80 Å². The number of likely N-dealkylation sites (N-methyl/N-ethyl adjacent to an activating group) is 1. The Hall–Kier alpha value is -0.610. The molecule has 0 aliphatic carbocycles. The molecule has 96 valence electrons. The molecule has 0 amide bonds. The first kappa shape index (κ1) is 14.5. The van der Waals surface area contributed by atoms with Crippen molar-refractivity contribution in [2.75, 3.05) is 38.6 Å². The van der Waals surface area contributed by atoms with Crippen molar-refractivity contribution in [1.29, 1.82) is 0 Å². The lowest BCUT2D eigenvalue weighted by Gasteiger charge is -2.25. The van der Waals surface area contributed by atoms with E-state index in [2.05, 4.69) is 63.9 Å². The second kappa shape index (κ2) is 6.97. The number of pyridine rings is 1. The summed E-state index contributed by atoms with van der Waals surface area (Å²) in [4.78, 5) is 9.18. The fraction of sp³-hybridized carbons (Fsp3) is 0.615. The highest BCUT2D eigenvalue weighted by Crippen LogP contribution is 2.19. The number of hydrogen-bond acceptors (Lipinski definition) is 3. The van der Waals surface area contributed by atoms with Gasteiger partial charge in [-0.05, 0) is 55.5 Å². The van der Waals surface area contributed by atoms with E-state index in [4.69, 9.17) is 0 Å². The second-order valence-corrected chi connectivity index (χ2v) is 5.38. The lowest BCUT2D eigenvalue weighted by molar-refractivity contribution is 0.412. The maximum absolute atomic E-state index is 4.63. The van der Waals surface area contributed by atoms with Gasteiger partial charge >= 0.3 is 0 Å². The highest BCUT2D eigenvalue weighted by Gasteiger charge is 2.08. The molecule has 0 saturated heterocycles. The second-order valence-electron chi connectivity index (χ2n) is 4.53. The van der Waals surface area contributed by atoms with E-state index in [1.54, 1.807) is 0 Å². The molecule has 0 aliphatic heterocycles. The first-order valence-electron chi connectivity index (χ1n) is 6.07. The molecule has 0 aliphatic rings. The molecule has 1 aromatic rings. The summed E-state index contributed by atoms with van der Waals surface area (Å²) < 4.78 is 1.07. The zero-order chi connectivity index (χ0) is 12.8. The normalized spacial score (nSPS) is 10.9. The van der Waals surface area contributed by atoms with Crippen LogP contribution in [0, 0.1) is 6.92 Å². The topological polar surface area (TPSA) is 19.4 Å². The zero-order valence-electron chi connectivity index (χ0n) is 11.2. The van der Waals surface area contributed by atoms with Crippen LogP contribution in [0.2, 0.25) is 0 Å². The highest BCUT2D eigenvalue weighted by atomic mass is 79.9. The summed E-state index contributed by atoms with van der Waals surface area (Å²) >= 11 is 3.49. The van der Waals surface area contributed by atoms with E-state index in [0.29, 0.717) is 0 Å². The Labute approximate surface area is 113 Å². The van der Waals surface area contributed by atoms with Crippen molar-refractivity contribution in [3.05, 3.63) is 22.3 Å². The molecular formula is C13H22BrN3. The van der Waals surface area contributed by atoms with Gasteiger partial charge in [0.15, 0.2) is 0 Å². The van der Waals surface area contributed by atoms with Crippen molar-refractivity contribution < 1.29 is 0 Å². The van der Waals surface area contributed by atoms with Crippen LogP contribution in [0.4, 0.5) is 5.82 Å². The zero-order valence-corrected chi connectivity index (χ0v) is 12.8. The van der Waals surface area contributed by atoms with Gasteiger partial charge in [-0.25, -0.2) is 4.98 Å².